The van der Waals surface area contributed by atoms with Gasteiger partial charge >= 0.3 is 0 Å². The van der Waals surface area contributed by atoms with E-state index in [1.54, 1.807) is 7.11 Å². The van der Waals surface area contributed by atoms with Gasteiger partial charge in [-0.25, -0.2) is 9.97 Å². The maximum atomic E-state index is 5.29. The third-order valence-corrected chi connectivity index (χ3v) is 2.58. The molecule has 0 radical (unpaired) electrons. The van der Waals surface area contributed by atoms with Crippen molar-refractivity contribution in [3.63, 3.8) is 0 Å². The summed E-state index contributed by atoms with van der Waals surface area (Å²) in [7, 11) is 3.50. The number of ether oxygens (including phenoxy) is 1. The van der Waals surface area contributed by atoms with Crippen LogP contribution >= 0.6 is 0 Å². The highest BCUT2D eigenvalue weighted by Gasteiger charge is 2.02. The summed E-state index contributed by atoms with van der Waals surface area (Å²) in [5, 5.41) is 6.21. The van der Waals surface area contributed by atoms with Crippen LogP contribution in [0, 0.1) is 0 Å². The largest absolute Gasteiger partial charge is 0.496 e. The summed E-state index contributed by atoms with van der Waals surface area (Å²) in [6.45, 7) is 0.657. The molecule has 0 aliphatic heterocycles. The second-order valence-corrected chi connectivity index (χ2v) is 3.70. The molecule has 18 heavy (non-hydrogen) atoms. The van der Waals surface area contributed by atoms with Crippen molar-refractivity contribution in [1.29, 1.82) is 0 Å². The van der Waals surface area contributed by atoms with E-state index in [1.807, 2.05) is 37.4 Å². The zero-order valence-corrected chi connectivity index (χ0v) is 10.5. The zero-order valence-electron chi connectivity index (χ0n) is 10.5. The molecule has 0 aliphatic carbocycles. The van der Waals surface area contributed by atoms with Crippen molar-refractivity contribution in [2.45, 2.75) is 6.54 Å². The van der Waals surface area contributed by atoms with Crippen molar-refractivity contribution >= 4 is 11.6 Å². The number of aromatic nitrogens is 2. The molecule has 1 aromatic heterocycles. The van der Waals surface area contributed by atoms with Gasteiger partial charge in [-0.15, -0.1) is 0 Å². The number of hydrogen-bond donors (Lipinski definition) is 2. The molecule has 0 fully saturated rings. The van der Waals surface area contributed by atoms with E-state index in [2.05, 4.69) is 20.6 Å². The Bertz CT molecular complexity index is 516. The summed E-state index contributed by atoms with van der Waals surface area (Å²) < 4.78 is 5.29. The molecule has 2 rings (SSSR count). The molecule has 1 aromatic carbocycles. The van der Waals surface area contributed by atoms with Crippen LogP contribution in [-0.4, -0.2) is 24.1 Å². The zero-order chi connectivity index (χ0) is 12.8. The van der Waals surface area contributed by atoms with Crippen LogP contribution < -0.4 is 15.4 Å². The Morgan fingerprint density at radius 1 is 1.17 bits per heavy atom. The van der Waals surface area contributed by atoms with Gasteiger partial charge in [0.05, 0.1) is 7.11 Å². The smallest absolute Gasteiger partial charge is 0.131 e. The molecule has 0 amide bonds. The predicted molar refractivity (Wildman–Crippen MR) is 71.9 cm³/mol. The van der Waals surface area contributed by atoms with Gasteiger partial charge in [-0.2, -0.15) is 0 Å². The van der Waals surface area contributed by atoms with Crippen LogP contribution in [0.3, 0.4) is 0 Å². The molecule has 0 saturated carbocycles. The van der Waals surface area contributed by atoms with E-state index in [-0.39, 0.29) is 0 Å². The number of nitrogens with one attached hydrogen (secondary N) is 2. The van der Waals surface area contributed by atoms with Crippen molar-refractivity contribution < 1.29 is 4.74 Å². The summed E-state index contributed by atoms with van der Waals surface area (Å²) in [5.74, 6) is 2.43. The fraction of sp³-hybridized carbons (Fsp3) is 0.231. The van der Waals surface area contributed by atoms with Gasteiger partial charge < -0.3 is 15.4 Å². The molecule has 0 saturated heterocycles. The third-order valence-electron chi connectivity index (χ3n) is 2.58. The van der Waals surface area contributed by atoms with E-state index in [0.29, 0.717) is 6.54 Å². The van der Waals surface area contributed by atoms with Gasteiger partial charge in [0, 0.05) is 25.2 Å². The quantitative estimate of drug-likeness (QED) is 0.843. The van der Waals surface area contributed by atoms with Gasteiger partial charge in [0.25, 0.3) is 0 Å². The topological polar surface area (TPSA) is 59.1 Å². The fourth-order valence-electron chi connectivity index (χ4n) is 1.63. The van der Waals surface area contributed by atoms with Crippen molar-refractivity contribution in [2.24, 2.45) is 0 Å². The molecule has 5 nitrogen and oxygen atoms in total. The number of hydrogen-bond acceptors (Lipinski definition) is 5. The van der Waals surface area contributed by atoms with E-state index in [9.17, 15) is 0 Å². The van der Waals surface area contributed by atoms with Crippen molar-refractivity contribution in [2.75, 3.05) is 24.8 Å². The van der Waals surface area contributed by atoms with Crippen molar-refractivity contribution in [1.82, 2.24) is 9.97 Å². The monoisotopic (exact) mass is 244 g/mol. The minimum Gasteiger partial charge on any atom is -0.496 e. The Morgan fingerprint density at radius 3 is 2.72 bits per heavy atom. The second kappa shape index (κ2) is 5.86. The third kappa shape index (κ3) is 2.88. The lowest BCUT2D eigenvalue weighted by Gasteiger charge is -2.10. The van der Waals surface area contributed by atoms with E-state index < -0.39 is 0 Å². The number of para-hydroxylation sites is 1. The first-order valence-electron chi connectivity index (χ1n) is 5.69. The average Bonchev–Trinajstić information content (AvgIpc) is 2.45. The Morgan fingerprint density at radius 2 is 1.94 bits per heavy atom. The lowest BCUT2D eigenvalue weighted by molar-refractivity contribution is 0.410. The minimum absolute atomic E-state index is 0.657. The highest BCUT2D eigenvalue weighted by molar-refractivity contribution is 5.47. The lowest BCUT2D eigenvalue weighted by Crippen LogP contribution is -2.04. The van der Waals surface area contributed by atoms with Crippen LogP contribution in [0.1, 0.15) is 5.56 Å². The molecule has 0 aliphatic rings. The summed E-state index contributed by atoms with van der Waals surface area (Å²) >= 11 is 0. The molecule has 2 N–H and O–H groups in total. The minimum atomic E-state index is 0.657. The standard InChI is InChI=1S/C13H16N4O/c1-14-12-7-13(17-9-16-12)15-8-10-5-3-4-6-11(10)18-2/h3-7,9H,8H2,1-2H3,(H2,14,15,16,17). The summed E-state index contributed by atoms with van der Waals surface area (Å²) in [4.78, 5) is 8.21. The fourth-order valence-corrected chi connectivity index (χ4v) is 1.63. The van der Waals surface area contributed by atoms with Crippen LogP contribution in [0.4, 0.5) is 11.6 Å². The van der Waals surface area contributed by atoms with Gasteiger partial charge in [-0.05, 0) is 6.07 Å². The summed E-state index contributed by atoms with van der Waals surface area (Å²) in [5.41, 5.74) is 1.09. The van der Waals surface area contributed by atoms with Crippen molar-refractivity contribution in [3.8, 4) is 5.75 Å². The number of benzene rings is 1. The normalized spacial score (nSPS) is 9.89. The first kappa shape index (κ1) is 12.2. The number of methoxy groups -OCH3 is 1. The summed E-state index contributed by atoms with van der Waals surface area (Å²) in [6.07, 6.45) is 1.52. The summed E-state index contributed by atoms with van der Waals surface area (Å²) in [6, 6.07) is 9.75. The molecule has 0 spiro atoms. The molecule has 94 valence electrons. The molecular weight excluding hydrogens is 228 g/mol. The van der Waals surface area contributed by atoms with Crippen LogP contribution in [-0.2, 0) is 6.54 Å². The molecular formula is C13H16N4O. The maximum absolute atomic E-state index is 5.29. The van der Waals surface area contributed by atoms with Gasteiger partial charge in [0.2, 0.25) is 0 Å². The maximum Gasteiger partial charge on any atom is 0.131 e. The van der Waals surface area contributed by atoms with Crippen molar-refractivity contribution in [3.05, 3.63) is 42.2 Å². The molecule has 0 bridgehead atoms. The molecule has 5 heteroatoms. The molecule has 0 atom stereocenters. The number of anilines is 2. The second-order valence-electron chi connectivity index (χ2n) is 3.70. The first-order chi connectivity index (χ1) is 8.83. The Labute approximate surface area is 106 Å². The van der Waals surface area contributed by atoms with E-state index in [1.165, 1.54) is 6.33 Å². The number of nitrogens with zero attached hydrogens (tertiary/aromatic N) is 2. The molecule has 2 aromatic rings. The average molecular weight is 244 g/mol. The Hall–Kier alpha value is -2.30. The molecule has 1 heterocycles. The van der Waals surface area contributed by atoms with Crippen LogP contribution in [0.15, 0.2) is 36.7 Å². The Kier molecular flexibility index (Phi) is 3.96. The van der Waals surface area contributed by atoms with Gasteiger partial charge in [0.15, 0.2) is 0 Å². The lowest BCUT2D eigenvalue weighted by atomic mass is 10.2. The van der Waals surface area contributed by atoms with Gasteiger partial charge in [0.1, 0.15) is 23.7 Å². The van der Waals surface area contributed by atoms with Crippen LogP contribution in [0.5, 0.6) is 5.75 Å². The number of rotatable bonds is 5. The van der Waals surface area contributed by atoms with E-state index >= 15 is 0 Å². The molecule has 0 unspecified atom stereocenters. The highest BCUT2D eigenvalue weighted by Crippen LogP contribution is 2.18. The van der Waals surface area contributed by atoms with Gasteiger partial charge in [-0.1, -0.05) is 18.2 Å². The first-order valence-corrected chi connectivity index (χ1v) is 5.69. The highest BCUT2D eigenvalue weighted by atomic mass is 16.5. The van der Waals surface area contributed by atoms with E-state index in [4.69, 9.17) is 4.74 Å². The Balaban J connectivity index is 2.06. The van der Waals surface area contributed by atoms with Crippen LogP contribution in [0.25, 0.3) is 0 Å². The van der Waals surface area contributed by atoms with Gasteiger partial charge in [-0.3, -0.25) is 0 Å². The predicted octanol–water partition coefficient (Wildman–Crippen LogP) is 2.14. The van der Waals surface area contributed by atoms with Crippen LogP contribution in [0.2, 0.25) is 0 Å². The van der Waals surface area contributed by atoms with E-state index in [0.717, 1.165) is 22.9 Å². The SMILES string of the molecule is CNc1cc(NCc2ccccc2OC)ncn1.